The summed E-state index contributed by atoms with van der Waals surface area (Å²) in [6, 6.07) is 23.4. The van der Waals surface area contributed by atoms with Gasteiger partial charge >= 0.3 is 0 Å². The van der Waals surface area contributed by atoms with Crippen molar-refractivity contribution >= 4 is 28.3 Å². The number of hydrogen-bond acceptors (Lipinski definition) is 4. The summed E-state index contributed by atoms with van der Waals surface area (Å²) in [5.74, 6) is 0.658. The number of rotatable bonds is 6. The van der Waals surface area contributed by atoms with Crippen LogP contribution in [0.5, 0.6) is 0 Å². The summed E-state index contributed by atoms with van der Waals surface area (Å²) < 4.78 is 2.01. The Balaban J connectivity index is 1.39. The van der Waals surface area contributed by atoms with Gasteiger partial charge in [-0.1, -0.05) is 30.3 Å². The summed E-state index contributed by atoms with van der Waals surface area (Å²) in [5, 5.41) is 12.5. The number of aromatic nitrogens is 2. The molecule has 162 valence electrons. The highest BCUT2D eigenvalue weighted by Crippen LogP contribution is 2.27. The van der Waals surface area contributed by atoms with Crippen molar-refractivity contribution in [1.29, 1.82) is 0 Å². The molecule has 0 saturated carbocycles. The summed E-state index contributed by atoms with van der Waals surface area (Å²) in [7, 11) is 0. The Bertz CT molecular complexity index is 1230. The number of nitrogens with zero attached hydrogens (tertiary/aromatic N) is 3. The summed E-state index contributed by atoms with van der Waals surface area (Å²) in [4.78, 5) is 19.9. The van der Waals surface area contributed by atoms with Crippen molar-refractivity contribution in [3.63, 3.8) is 0 Å². The molecular weight excluding hydrogens is 400 g/mol. The minimum Gasteiger partial charge on any atom is -0.395 e. The molecule has 6 nitrogen and oxygen atoms in total. The van der Waals surface area contributed by atoms with Gasteiger partial charge in [-0.3, -0.25) is 4.79 Å². The van der Waals surface area contributed by atoms with E-state index in [0.717, 1.165) is 35.5 Å². The first kappa shape index (κ1) is 20.3. The number of aliphatic hydroxyl groups excluding tert-OH is 1. The number of carbonyl (C=O) groups is 1. The first-order chi connectivity index (χ1) is 15.7. The number of anilines is 2. The van der Waals surface area contributed by atoms with Crippen molar-refractivity contribution in [3.8, 4) is 11.4 Å². The quantitative estimate of drug-likeness (QED) is 0.475. The van der Waals surface area contributed by atoms with Crippen LogP contribution in [0.3, 0.4) is 0 Å². The average Bonchev–Trinajstić information content (AvgIpc) is 3.49. The third-order valence-electron chi connectivity index (χ3n) is 5.96. The number of amides is 1. The Morgan fingerprint density at radius 3 is 2.44 bits per heavy atom. The Morgan fingerprint density at radius 2 is 1.72 bits per heavy atom. The van der Waals surface area contributed by atoms with Gasteiger partial charge in [0.2, 0.25) is 0 Å². The summed E-state index contributed by atoms with van der Waals surface area (Å²) in [5.41, 5.74) is 5.18. The molecule has 0 spiro atoms. The number of aliphatic hydroxyl groups is 1. The van der Waals surface area contributed by atoms with Gasteiger partial charge in [-0.25, -0.2) is 4.98 Å². The summed E-state index contributed by atoms with van der Waals surface area (Å²) in [6.07, 6.45) is 2.45. The van der Waals surface area contributed by atoms with Crippen molar-refractivity contribution in [2.75, 3.05) is 29.9 Å². The topological polar surface area (TPSA) is 70.4 Å². The second kappa shape index (κ2) is 8.85. The third kappa shape index (κ3) is 3.97. The monoisotopic (exact) mass is 426 g/mol. The minimum atomic E-state index is -0.143. The number of carbonyl (C=O) groups excluding carboxylic acids is 1. The normalized spacial score (nSPS) is 13.6. The molecule has 32 heavy (non-hydrogen) atoms. The van der Waals surface area contributed by atoms with Gasteiger partial charge in [0.25, 0.3) is 5.91 Å². The van der Waals surface area contributed by atoms with E-state index in [4.69, 9.17) is 4.98 Å². The van der Waals surface area contributed by atoms with Crippen LogP contribution >= 0.6 is 0 Å². The van der Waals surface area contributed by atoms with Crippen LogP contribution in [0.2, 0.25) is 0 Å². The predicted octanol–water partition coefficient (Wildman–Crippen LogP) is 4.55. The van der Waals surface area contributed by atoms with Crippen LogP contribution in [-0.4, -0.2) is 40.3 Å². The van der Waals surface area contributed by atoms with E-state index in [1.54, 1.807) is 0 Å². The molecule has 1 aliphatic rings. The van der Waals surface area contributed by atoms with Gasteiger partial charge in [0.05, 0.1) is 17.6 Å². The summed E-state index contributed by atoms with van der Waals surface area (Å²) in [6.45, 7) is 2.64. The largest absolute Gasteiger partial charge is 0.395 e. The first-order valence-electron chi connectivity index (χ1n) is 11.1. The maximum absolute atomic E-state index is 12.8. The zero-order valence-electron chi connectivity index (χ0n) is 17.9. The number of fused-ring (bicyclic) bond motifs is 1. The van der Waals surface area contributed by atoms with Crippen LogP contribution in [0.15, 0.2) is 72.8 Å². The van der Waals surface area contributed by atoms with Crippen molar-refractivity contribution < 1.29 is 9.90 Å². The van der Waals surface area contributed by atoms with E-state index in [0.29, 0.717) is 17.8 Å². The lowest BCUT2D eigenvalue weighted by atomic mass is 10.1. The maximum atomic E-state index is 12.8. The Kier molecular flexibility index (Phi) is 5.60. The average molecular weight is 427 g/mol. The van der Waals surface area contributed by atoms with E-state index in [1.165, 1.54) is 18.5 Å². The lowest BCUT2D eigenvalue weighted by Gasteiger charge is -2.17. The molecule has 1 aromatic heterocycles. The van der Waals surface area contributed by atoms with Crippen molar-refractivity contribution in [2.45, 2.75) is 19.4 Å². The lowest BCUT2D eigenvalue weighted by molar-refractivity contribution is 0.102. The molecule has 2 heterocycles. The molecule has 3 aromatic carbocycles. The van der Waals surface area contributed by atoms with Crippen molar-refractivity contribution in [1.82, 2.24) is 9.55 Å². The standard InChI is InChI=1S/C26H26N4O2/c31-17-16-30-24-13-10-21(18-23(24)28-25(30)19-6-2-1-3-7-19)27-26(32)20-8-11-22(12-9-20)29-14-4-5-15-29/h1-3,6-13,18,31H,4-5,14-17H2,(H,27,32). The molecule has 0 aliphatic carbocycles. The van der Waals surface area contributed by atoms with Gasteiger partial charge < -0.3 is 19.9 Å². The van der Waals surface area contributed by atoms with E-state index in [1.807, 2.05) is 77.4 Å². The number of nitrogens with one attached hydrogen (secondary N) is 1. The summed E-state index contributed by atoms with van der Waals surface area (Å²) >= 11 is 0. The van der Waals surface area contributed by atoms with Crippen LogP contribution in [0.4, 0.5) is 11.4 Å². The molecular formula is C26H26N4O2. The molecule has 1 saturated heterocycles. The molecule has 6 heteroatoms. The Hall–Kier alpha value is -3.64. The molecule has 5 rings (SSSR count). The minimum absolute atomic E-state index is 0.0250. The van der Waals surface area contributed by atoms with E-state index >= 15 is 0 Å². The van der Waals surface area contributed by atoms with Crippen LogP contribution in [0.1, 0.15) is 23.2 Å². The van der Waals surface area contributed by atoms with Gasteiger partial charge in [-0.05, 0) is 55.3 Å². The second-order valence-electron chi connectivity index (χ2n) is 8.08. The molecule has 1 aliphatic heterocycles. The molecule has 0 unspecified atom stereocenters. The fourth-order valence-electron chi connectivity index (χ4n) is 4.34. The highest BCUT2D eigenvalue weighted by atomic mass is 16.3. The molecule has 0 atom stereocenters. The lowest BCUT2D eigenvalue weighted by Crippen LogP contribution is -2.18. The van der Waals surface area contributed by atoms with Crippen LogP contribution in [0.25, 0.3) is 22.4 Å². The zero-order chi connectivity index (χ0) is 21.9. The van der Waals surface area contributed by atoms with E-state index in [2.05, 4.69) is 10.2 Å². The second-order valence-corrected chi connectivity index (χ2v) is 8.08. The van der Waals surface area contributed by atoms with Crippen LogP contribution < -0.4 is 10.2 Å². The molecule has 1 fully saturated rings. The van der Waals surface area contributed by atoms with Crippen molar-refractivity contribution in [3.05, 3.63) is 78.4 Å². The smallest absolute Gasteiger partial charge is 0.255 e. The SMILES string of the molecule is O=C(Nc1ccc2c(c1)nc(-c1ccccc1)n2CCO)c1ccc(N2CCCC2)cc1. The van der Waals surface area contributed by atoms with Gasteiger partial charge in [0, 0.05) is 42.1 Å². The number of benzene rings is 3. The highest BCUT2D eigenvalue weighted by Gasteiger charge is 2.15. The highest BCUT2D eigenvalue weighted by molar-refractivity contribution is 6.05. The predicted molar refractivity (Wildman–Crippen MR) is 128 cm³/mol. The van der Waals surface area contributed by atoms with Gasteiger partial charge in [0.15, 0.2) is 0 Å². The number of imidazole rings is 1. The van der Waals surface area contributed by atoms with Gasteiger partial charge in [-0.15, -0.1) is 0 Å². The van der Waals surface area contributed by atoms with Gasteiger partial charge in [-0.2, -0.15) is 0 Å². The molecule has 0 radical (unpaired) electrons. The Morgan fingerprint density at radius 1 is 0.969 bits per heavy atom. The molecule has 4 aromatic rings. The third-order valence-corrected chi connectivity index (χ3v) is 5.96. The fourth-order valence-corrected chi connectivity index (χ4v) is 4.34. The maximum Gasteiger partial charge on any atom is 0.255 e. The van der Waals surface area contributed by atoms with E-state index in [-0.39, 0.29) is 12.5 Å². The van der Waals surface area contributed by atoms with E-state index in [9.17, 15) is 9.90 Å². The Labute approximate surface area is 187 Å². The van der Waals surface area contributed by atoms with Gasteiger partial charge in [0.1, 0.15) is 5.82 Å². The molecule has 1 amide bonds. The van der Waals surface area contributed by atoms with Crippen LogP contribution in [0, 0.1) is 0 Å². The first-order valence-corrected chi connectivity index (χ1v) is 11.1. The zero-order valence-corrected chi connectivity index (χ0v) is 17.9. The van der Waals surface area contributed by atoms with E-state index < -0.39 is 0 Å². The molecule has 2 N–H and O–H groups in total. The number of hydrogen-bond donors (Lipinski definition) is 2. The van der Waals surface area contributed by atoms with Crippen molar-refractivity contribution in [2.24, 2.45) is 0 Å². The molecule has 0 bridgehead atoms. The van der Waals surface area contributed by atoms with Crippen LogP contribution in [-0.2, 0) is 6.54 Å². The fraction of sp³-hybridized carbons (Fsp3) is 0.231.